The van der Waals surface area contributed by atoms with Crippen molar-refractivity contribution in [1.29, 1.82) is 0 Å². The fourth-order valence-electron chi connectivity index (χ4n) is 2.89. The molecule has 0 radical (unpaired) electrons. The molecule has 0 saturated carbocycles. The molecule has 0 heterocycles. The highest BCUT2D eigenvalue weighted by molar-refractivity contribution is 9.12. The average Bonchev–Trinajstić information content (AvgIpc) is 2.57. The molecular weight excluding hydrogens is 469 g/mol. The highest BCUT2D eigenvalue weighted by Gasteiger charge is 2.57. The third kappa shape index (κ3) is 4.50. The Labute approximate surface area is 174 Å². The predicted molar refractivity (Wildman–Crippen MR) is 112 cm³/mol. The molecule has 1 unspecified atom stereocenters. The van der Waals surface area contributed by atoms with Gasteiger partial charge in [-0.05, 0) is 56.6 Å². The number of hydrogen-bond donors (Lipinski definition) is 1. The largest absolute Gasteiger partial charge is 0.360 e. The lowest BCUT2D eigenvalue weighted by atomic mass is 9.92. The molecule has 0 aliphatic heterocycles. The minimum absolute atomic E-state index is 0.0740. The van der Waals surface area contributed by atoms with Crippen molar-refractivity contribution in [2.75, 3.05) is 5.75 Å². The van der Waals surface area contributed by atoms with Crippen molar-refractivity contribution in [2.45, 2.75) is 52.1 Å². The minimum Gasteiger partial charge on any atom is -0.304 e. The molecule has 0 spiro atoms. The quantitative estimate of drug-likeness (QED) is 0.542. The average molecular weight is 494 g/mol. The zero-order valence-corrected chi connectivity index (χ0v) is 19.7. The number of benzene rings is 1. The van der Waals surface area contributed by atoms with Crippen LogP contribution in [-0.4, -0.2) is 32.2 Å². The van der Waals surface area contributed by atoms with Crippen molar-refractivity contribution in [3.05, 3.63) is 46.0 Å². The first-order chi connectivity index (χ1) is 12.9. The van der Waals surface area contributed by atoms with Gasteiger partial charge in [0.1, 0.15) is 0 Å². The van der Waals surface area contributed by atoms with Gasteiger partial charge in [0.15, 0.2) is 11.1 Å². The molecule has 0 bridgehead atoms. The fraction of sp³-hybridized carbons (Fsp3) is 0.500. The van der Waals surface area contributed by atoms with E-state index in [9.17, 15) is 17.8 Å². The Hall–Kier alpha value is -0.830. The Morgan fingerprint density at radius 2 is 1.68 bits per heavy atom. The molecular formula is C18H25BrNO6PS. The lowest BCUT2D eigenvalue weighted by Gasteiger charge is -2.41. The van der Waals surface area contributed by atoms with E-state index in [1.54, 1.807) is 52.0 Å². The van der Waals surface area contributed by atoms with E-state index in [4.69, 9.17) is 9.05 Å². The van der Waals surface area contributed by atoms with Crippen molar-refractivity contribution in [2.24, 2.45) is 0 Å². The van der Waals surface area contributed by atoms with Gasteiger partial charge in [0, 0.05) is 11.1 Å². The highest BCUT2D eigenvalue weighted by atomic mass is 79.9. The Morgan fingerprint density at radius 1 is 1.14 bits per heavy atom. The summed E-state index contributed by atoms with van der Waals surface area (Å²) in [6.07, 6.45) is 0.241. The number of Topliss-reactive ketones (excluding diaryl/α,β-unsaturated/α-hetero) is 1. The molecule has 28 heavy (non-hydrogen) atoms. The van der Waals surface area contributed by atoms with Gasteiger partial charge in [0.25, 0.3) is 0 Å². The number of hydrogen-bond acceptors (Lipinski definition) is 6. The highest BCUT2D eigenvalue weighted by Crippen LogP contribution is 2.67. The first kappa shape index (κ1) is 23.4. The molecule has 0 saturated heterocycles. The fourth-order valence-corrected chi connectivity index (χ4v) is 7.55. The van der Waals surface area contributed by atoms with E-state index >= 15 is 0 Å². The summed E-state index contributed by atoms with van der Waals surface area (Å²) in [6.45, 7) is 8.17. The van der Waals surface area contributed by atoms with Gasteiger partial charge in [-0.25, -0.2) is 8.42 Å². The van der Waals surface area contributed by atoms with Crippen molar-refractivity contribution in [1.82, 2.24) is 4.72 Å². The van der Waals surface area contributed by atoms with E-state index in [1.807, 2.05) is 0 Å². The van der Waals surface area contributed by atoms with Gasteiger partial charge < -0.3 is 9.05 Å². The number of nitrogens with one attached hydrogen (secondary N) is 1. The van der Waals surface area contributed by atoms with E-state index in [1.165, 1.54) is 13.0 Å². The van der Waals surface area contributed by atoms with Gasteiger partial charge in [0.2, 0.25) is 10.0 Å². The molecule has 1 atom stereocenters. The molecule has 10 heteroatoms. The van der Waals surface area contributed by atoms with Crippen LogP contribution in [0.4, 0.5) is 0 Å². The Bertz CT molecular complexity index is 929. The summed E-state index contributed by atoms with van der Waals surface area (Å²) >= 11 is 3.20. The molecule has 2 rings (SSSR count). The summed E-state index contributed by atoms with van der Waals surface area (Å²) in [5, 5.41) is -1.89. The summed E-state index contributed by atoms with van der Waals surface area (Å²) in [6, 6.07) is 6.40. The first-order valence-corrected chi connectivity index (χ1v) is 12.9. The summed E-state index contributed by atoms with van der Waals surface area (Å²) < 4.78 is 53.5. The van der Waals surface area contributed by atoms with Crippen LogP contribution in [-0.2, 0) is 28.9 Å². The predicted octanol–water partition coefficient (Wildman–Crippen LogP) is 4.30. The molecule has 7 nitrogen and oxygen atoms in total. The van der Waals surface area contributed by atoms with Crippen LogP contribution in [0.5, 0.6) is 0 Å². The summed E-state index contributed by atoms with van der Waals surface area (Å²) in [5.74, 6) is -0.595. The van der Waals surface area contributed by atoms with Crippen LogP contribution in [0.3, 0.4) is 0 Å². The second-order valence-corrected chi connectivity index (χ2v) is 11.9. The number of carbonyl (C=O) groups excluding carboxylic acids is 1. The molecule has 1 aromatic rings. The van der Waals surface area contributed by atoms with E-state index in [0.29, 0.717) is 0 Å². The van der Waals surface area contributed by atoms with Crippen LogP contribution < -0.4 is 4.72 Å². The third-order valence-corrected chi connectivity index (χ3v) is 8.83. The number of fused-ring (bicyclic) bond motifs is 1. The molecule has 0 amide bonds. The maximum atomic E-state index is 14.2. The van der Waals surface area contributed by atoms with Crippen LogP contribution in [0.15, 0.2) is 34.8 Å². The molecule has 156 valence electrons. The summed E-state index contributed by atoms with van der Waals surface area (Å²) in [4.78, 5) is 12.6. The topological polar surface area (TPSA) is 98.8 Å². The van der Waals surface area contributed by atoms with Crippen molar-refractivity contribution >= 4 is 39.3 Å². The standard InChI is InChI=1S/C18H25BrNO6PS/c1-6-28(23,24)20-18(27(22,25-12(2)3)26-13(4)5)11-16(19)17(21)14-9-7-8-10-15(14)18/h7-13,20H,6H2,1-5H3. The van der Waals surface area contributed by atoms with Gasteiger partial charge in [0.05, 0.1) is 22.4 Å². The minimum atomic E-state index is -4.19. The van der Waals surface area contributed by atoms with Gasteiger partial charge in [-0.3, -0.25) is 9.36 Å². The molecule has 0 fully saturated rings. The van der Waals surface area contributed by atoms with Gasteiger partial charge in [-0.15, -0.1) is 0 Å². The van der Waals surface area contributed by atoms with Crippen molar-refractivity contribution in [3.8, 4) is 0 Å². The zero-order chi connectivity index (χ0) is 21.3. The second-order valence-electron chi connectivity index (χ2n) is 6.94. The maximum Gasteiger partial charge on any atom is 0.360 e. The van der Waals surface area contributed by atoms with E-state index in [0.717, 1.165) is 0 Å². The smallest absolute Gasteiger partial charge is 0.304 e. The number of sulfonamides is 1. The normalized spacial score (nSPS) is 20.4. The molecule has 1 aliphatic rings. The van der Waals surface area contributed by atoms with Crippen LogP contribution >= 0.6 is 23.5 Å². The van der Waals surface area contributed by atoms with Crippen LogP contribution in [0, 0.1) is 0 Å². The van der Waals surface area contributed by atoms with Crippen molar-refractivity contribution < 1.29 is 26.8 Å². The van der Waals surface area contributed by atoms with Crippen LogP contribution in [0.1, 0.15) is 50.5 Å². The van der Waals surface area contributed by atoms with Crippen LogP contribution in [0.2, 0.25) is 0 Å². The van der Waals surface area contributed by atoms with E-state index in [-0.39, 0.29) is 27.1 Å². The van der Waals surface area contributed by atoms with Gasteiger partial charge in [-0.2, -0.15) is 4.72 Å². The van der Waals surface area contributed by atoms with Gasteiger partial charge >= 0.3 is 7.60 Å². The Morgan fingerprint density at radius 3 is 2.18 bits per heavy atom. The number of carbonyl (C=O) groups is 1. The maximum absolute atomic E-state index is 14.2. The lowest BCUT2D eigenvalue weighted by Crippen LogP contribution is -2.48. The van der Waals surface area contributed by atoms with Crippen LogP contribution in [0.25, 0.3) is 0 Å². The molecule has 0 aromatic heterocycles. The monoisotopic (exact) mass is 493 g/mol. The molecule has 1 aliphatic carbocycles. The summed E-state index contributed by atoms with van der Waals surface area (Å²) in [5.41, 5.74) is 0.445. The van der Waals surface area contributed by atoms with Crippen molar-refractivity contribution in [3.63, 3.8) is 0 Å². The van der Waals surface area contributed by atoms with E-state index < -0.39 is 35.1 Å². The van der Waals surface area contributed by atoms with Gasteiger partial charge in [-0.1, -0.05) is 24.3 Å². The SMILES string of the molecule is CCS(=O)(=O)NC1(P(=O)(OC(C)C)OC(C)C)C=C(Br)C(=O)c2ccccc21. The Balaban J connectivity index is 2.92. The Kier molecular flexibility index (Phi) is 7.12. The zero-order valence-electron chi connectivity index (χ0n) is 16.4. The second kappa shape index (κ2) is 8.50. The molecule has 1 N–H and O–H groups in total. The number of allylic oxidation sites excluding steroid dienone is 1. The number of ketones is 1. The third-order valence-electron chi connectivity index (χ3n) is 3.96. The lowest BCUT2D eigenvalue weighted by molar-refractivity contribution is 0.103. The number of rotatable bonds is 8. The van der Waals surface area contributed by atoms with E-state index in [2.05, 4.69) is 20.7 Å². The first-order valence-electron chi connectivity index (χ1n) is 8.88. The number of halogens is 1. The molecule has 1 aromatic carbocycles. The summed E-state index contributed by atoms with van der Waals surface area (Å²) in [7, 11) is -8.07.